The minimum absolute atomic E-state index is 0. The number of aryl methyl sites for hydroxylation is 1. The molecule has 0 bridgehead atoms. The molecular formula is C21H25BrN3O3+. The van der Waals surface area contributed by atoms with Gasteiger partial charge in [0.1, 0.15) is 5.69 Å². The van der Waals surface area contributed by atoms with Gasteiger partial charge < -0.3 is 5.11 Å². The molecule has 1 N–H and O–H groups in total. The van der Waals surface area contributed by atoms with Crippen molar-refractivity contribution in [1.29, 1.82) is 0 Å². The third-order valence-corrected chi connectivity index (χ3v) is 5.54. The molecule has 148 valence electrons. The van der Waals surface area contributed by atoms with Crippen molar-refractivity contribution in [2.45, 2.75) is 38.3 Å². The predicted octanol–water partition coefficient (Wildman–Crippen LogP) is 4.13. The van der Waals surface area contributed by atoms with E-state index in [4.69, 9.17) is 0 Å². The minimum Gasteiger partial charge on any atom is -0.346 e. The quantitative estimate of drug-likeness (QED) is 0.437. The highest BCUT2D eigenvalue weighted by Crippen LogP contribution is 2.38. The molecule has 2 aromatic carbocycles. The number of rotatable bonds is 3. The highest BCUT2D eigenvalue weighted by atomic mass is 79.9. The maximum atomic E-state index is 11.8. The van der Waals surface area contributed by atoms with Crippen molar-refractivity contribution in [1.82, 2.24) is 0 Å². The Balaban J connectivity index is 0.00000225. The molecule has 2 heterocycles. The Labute approximate surface area is 175 Å². The Morgan fingerprint density at radius 1 is 1.14 bits per heavy atom. The first-order valence-electron chi connectivity index (χ1n) is 9.44. The molecule has 4 rings (SSSR count). The molecule has 28 heavy (non-hydrogen) atoms. The van der Waals surface area contributed by atoms with E-state index in [2.05, 4.69) is 4.58 Å². The topological polar surface area (TPSA) is 69.6 Å². The van der Waals surface area contributed by atoms with Gasteiger partial charge in [0.25, 0.3) is 17.2 Å². The molecule has 1 atom stereocenters. The highest BCUT2D eigenvalue weighted by molar-refractivity contribution is 8.93. The molecule has 2 aromatic rings. The largest absolute Gasteiger partial charge is 0.346 e. The van der Waals surface area contributed by atoms with E-state index < -0.39 is 10.6 Å². The van der Waals surface area contributed by atoms with Crippen LogP contribution in [0.3, 0.4) is 0 Å². The zero-order valence-corrected chi connectivity index (χ0v) is 17.6. The summed E-state index contributed by atoms with van der Waals surface area (Å²) in [6, 6.07) is 14.5. The van der Waals surface area contributed by atoms with Crippen LogP contribution in [0.15, 0.2) is 48.5 Å². The SMILES string of the molecule is Br.Cc1ccc(N2C3=[N+](CCCCC3)CC2(O)c2cccc([N+](=O)[O-])c2)cc1. The van der Waals surface area contributed by atoms with Crippen molar-refractivity contribution in [3.05, 3.63) is 69.8 Å². The first-order valence-corrected chi connectivity index (χ1v) is 9.44. The summed E-state index contributed by atoms with van der Waals surface area (Å²) in [5, 5.41) is 23.1. The van der Waals surface area contributed by atoms with Crippen LogP contribution in [-0.2, 0) is 5.72 Å². The van der Waals surface area contributed by atoms with E-state index in [-0.39, 0.29) is 22.7 Å². The molecule has 2 aliphatic rings. The summed E-state index contributed by atoms with van der Waals surface area (Å²) < 4.78 is 2.24. The number of nitrogens with zero attached hydrogens (tertiary/aromatic N) is 3. The number of non-ortho nitro benzene ring substituents is 1. The van der Waals surface area contributed by atoms with Crippen LogP contribution in [0.2, 0.25) is 0 Å². The molecule has 0 fully saturated rings. The Morgan fingerprint density at radius 3 is 2.61 bits per heavy atom. The van der Waals surface area contributed by atoms with Crippen LogP contribution in [0.25, 0.3) is 0 Å². The van der Waals surface area contributed by atoms with Gasteiger partial charge in [-0.25, -0.2) is 0 Å². The van der Waals surface area contributed by atoms with Gasteiger partial charge >= 0.3 is 0 Å². The highest BCUT2D eigenvalue weighted by Gasteiger charge is 2.54. The van der Waals surface area contributed by atoms with Crippen LogP contribution < -0.4 is 4.90 Å². The molecule has 6 nitrogen and oxygen atoms in total. The number of hydrogen-bond donors (Lipinski definition) is 1. The van der Waals surface area contributed by atoms with E-state index in [1.165, 1.54) is 18.6 Å². The van der Waals surface area contributed by atoms with E-state index >= 15 is 0 Å². The summed E-state index contributed by atoms with van der Waals surface area (Å²) in [6.45, 7) is 3.35. The molecule has 0 saturated carbocycles. The lowest BCUT2D eigenvalue weighted by atomic mass is 9.99. The second kappa shape index (κ2) is 8.01. The number of nitro benzene ring substituents is 1. The van der Waals surface area contributed by atoms with Crippen molar-refractivity contribution < 1.29 is 14.6 Å². The molecule has 7 heteroatoms. The summed E-state index contributed by atoms with van der Waals surface area (Å²) in [5.41, 5.74) is 1.29. The molecule has 0 amide bonds. The Hall–Kier alpha value is -2.25. The summed E-state index contributed by atoms with van der Waals surface area (Å²) >= 11 is 0. The van der Waals surface area contributed by atoms with Crippen molar-refractivity contribution >= 4 is 34.2 Å². The van der Waals surface area contributed by atoms with Gasteiger partial charge in [0.05, 0.1) is 11.5 Å². The zero-order valence-electron chi connectivity index (χ0n) is 15.9. The summed E-state index contributed by atoms with van der Waals surface area (Å²) in [7, 11) is 0. The maximum absolute atomic E-state index is 11.8. The molecular weight excluding hydrogens is 422 g/mol. The number of anilines is 1. The van der Waals surface area contributed by atoms with E-state index in [9.17, 15) is 15.2 Å². The zero-order chi connectivity index (χ0) is 19.0. The fourth-order valence-corrected chi connectivity index (χ4v) is 4.17. The van der Waals surface area contributed by atoms with Gasteiger partial charge in [0, 0.05) is 24.1 Å². The second-order valence-electron chi connectivity index (χ2n) is 7.44. The lowest BCUT2D eigenvalue weighted by molar-refractivity contribution is -0.534. The first kappa shape index (κ1) is 20.5. The van der Waals surface area contributed by atoms with Crippen LogP contribution in [0.5, 0.6) is 0 Å². The van der Waals surface area contributed by atoms with E-state index in [1.54, 1.807) is 12.1 Å². The van der Waals surface area contributed by atoms with Crippen molar-refractivity contribution in [3.8, 4) is 0 Å². The van der Waals surface area contributed by atoms with Gasteiger partial charge in [-0.3, -0.25) is 14.7 Å². The van der Waals surface area contributed by atoms with Crippen molar-refractivity contribution in [2.24, 2.45) is 0 Å². The van der Waals surface area contributed by atoms with E-state index in [1.807, 2.05) is 36.1 Å². The Bertz CT molecular complexity index is 913. The number of aliphatic hydroxyl groups is 1. The van der Waals surface area contributed by atoms with Gasteiger partial charge in [-0.1, -0.05) is 29.8 Å². The van der Waals surface area contributed by atoms with Crippen LogP contribution in [0.4, 0.5) is 11.4 Å². The predicted molar refractivity (Wildman–Crippen MR) is 114 cm³/mol. The van der Waals surface area contributed by atoms with E-state index in [0.717, 1.165) is 42.9 Å². The summed E-state index contributed by atoms with van der Waals surface area (Å²) in [6.07, 6.45) is 4.25. The van der Waals surface area contributed by atoms with Gasteiger partial charge in [0.15, 0.2) is 6.54 Å². The normalized spacial score (nSPS) is 21.7. The summed E-state index contributed by atoms with van der Waals surface area (Å²) in [5.74, 6) is 1.10. The van der Waals surface area contributed by atoms with E-state index in [0.29, 0.717) is 12.1 Å². The van der Waals surface area contributed by atoms with Gasteiger partial charge in [-0.15, -0.1) is 17.0 Å². The fraction of sp³-hybridized carbons (Fsp3) is 0.381. The maximum Gasteiger partial charge on any atom is 0.275 e. The number of hydrogen-bond acceptors (Lipinski definition) is 4. The van der Waals surface area contributed by atoms with Crippen LogP contribution >= 0.6 is 17.0 Å². The fourth-order valence-electron chi connectivity index (χ4n) is 4.17. The third kappa shape index (κ3) is 3.56. The molecule has 0 aromatic heterocycles. The lowest BCUT2D eigenvalue weighted by Crippen LogP contribution is -2.47. The monoisotopic (exact) mass is 446 g/mol. The van der Waals surface area contributed by atoms with Gasteiger partial charge in [-0.2, -0.15) is 4.90 Å². The van der Waals surface area contributed by atoms with Crippen LogP contribution in [0, 0.1) is 17.0 Å². The molecule has 0 spiro atoms. The smallest absolute Gasteiger partial charge is 0.275 e. The number of amidine groups is 1. The Kier molecular flexibility index (Phi) is 5.86. The van der Waals surface area contributed by atoms with Crippen molar-refractivity contribution in [2.75, 3.05) is 18.0 Å². The second-order valence-corrected chi connectivity index (χ2v) is 7.44. The van der Waals surface area contributed by atoms with Crippen LogP contribution in [0.1, 0.15) is 36.8 Å². The number of benzene rings is 2. The number of halogens is 1. The Morgan fingerprint density at radius 2 is 1.89 bits per heavy atom. The standard InChI is InChI=1S/C21H24N3O3.BrH/c1-16-9-11-18(12-10-16)23-20-8-3-2-4-13-22(20)15-21(23,25)17-6-5-7-19(14-17)24(26)27;/h5-7,9-12,14,25H,2-4,8,13,15H2,1H3;1H/q+1;. The van der Waals surface area contributed by atoms with Gasteiger partial charge in [0.2, 0.25) is 0 Å². The van der Waals surface area contributed by atoms with Gasteiger partial charge in [-0.05, 0) is 38.3 Å². The molecule has 0 radical (unpaired) electrons. The molecule has 2 aliphatic heterocycles. The molecule has 0 aliphatic carbocycles. The number of nitro groups is 1. The first-order chi connectivity index (χ1) is 13.0. The average molecular weight is 447 g/mol. The third-order valence-electron chi connectivity index (χ3n) is 5.54. The van der Waals surface area contributed by atoms with Crippen molar-refractivity contribution in [3.63, 3.8) is 0 Å². The molecule has 1 unspecified atom stereocenters. The molecule has 0 saturated heterocycles. The minimum atomic E-state index is -1.33. The summed E-state index contributed by atoms with van der Waals surface area (Å²) in [4.78, 5) is 12.8. The lowest BCUT2D eigenvalue weighted by Gasteiger charge is -2.29. The average Bonchev–Trinajstić information content (AvgIpc) is 2.79. The van der Waals surface area contributed by atoms with Crippen LogP contribution in [-0.4, -0.2) is 33.5 Å².